The molecule has 0 bridgehead atoms. The number of likely N-dealkylation sites (N-methyl/N-ethyl adjacent to an activating group) is 1. The number of rotatable bonds is 7. The molecule has 28 heavy (non-hydrogen) atoms. The van der Waals surface area contributed by atoms with Crippen molar-refractivity contribution in [2.75, 3.05) is 27.3 Å². The predicted molar refractivity (Wildman–Crippen MR) is 105 cm³/mol. The van der Waals surface area contributed by atoms with Crippen molar-refractivity contribution in [2.24, 2.45) is 7.05 Å². The molecule has 7 nitrogen and oxygen atoms in total. The van der Waals surface area contributed by atoms with Gasteiger partial charge >= 0.3 is 5.97 Å². The van der Waals surface area contributed by atoms with E-state index in [2.05, 4.69) is 0 Å². The van der Waals surface area contributed by atoms with Crippen molar-refractivity contribution < 1.29 is 23.9 Å². The van der Waals surface area contributed by atoms with Gasteiger partial charge in [0.25, 0.3) is 5.91 Å². The topological polar surface area (TPSA) is 77.8 Å². The Hall–Kier alpha value is -3.09. The first kappa shape index (κ1) is 21.2. The Kier molecular flexibility index (Phi) is 6.62. The Morgan fingerprint density at radius 1 is 1.14 bits per heavy atom. The Morgan fingerprint density at radius 3 is 2.39 bits per heavy atom. The van der Waals surface area contributed by atoms with Gasteiger partial charge in [-0.25, -0.2) is 4.79 Å². The molecule has 0 aliphatic heterocycles. The number of aromatic nitrogens is 1. The molecule has 150 valence electrons. The highest BCUT2D eigenvalue weighted by atomic mass is 16.5. The summed E-state index contributed by atoms with van der Waals surface area (Å²) in [6.45, 7) is 5.59. The molecule has 0 saturated heterocycles. The monoisotopic (exact) mass is 386 g/mol. The quantitative estimate of drug-likeness (QED) is 0.540. The molecule has 0 saturated carbocycles. The van der Waals surface area contributed by atoms with Crippen molar-refractivity contribution in [2.45, 2.75) is 20.8 Å². The lowest BCUT2D eigenvalue weighted by Gasteiger charge is -2.20. The van der Waals surface area contributed by atoms with Crippen molar-refractivity contribution in [1.29, 1.82) is 0 Å². The lowest BCUT2D eigenvalue weighted by molar-refractivity contribution is 0.0588. The van der Waals surface area contributed by atoms with Gasteiger partial charge in [-0.1, -0.05) is 6.07 Å². The van der Waals surface area contributed by atoms with Crippen LogP contribution in [0.25, 0.3) is 0 Å². The van der Waals surface area contributed by atoms with Gasteiger partial charge < -0.3 is 18.9 Å². The van der Waals surface area contributed by atoms with Crippen LogP contribution in [0.4, 0.5) is 0 Å². The minimum atomic E-state index is -0.498. The summed E-state index contributed by atoms with van der Waals surface area (Å²) in [5.74, 6) is -0.402. The Balaban J connectivity index is 2.32. The molecule has 0 spiro atoms. The fourth-order valence-electron chi connectivity index (χ4n) is 3.29. The van der Waals surface area contributed by atoms with E-state index in [0.29, 0.717) is 40.4 Å². The molecule has 2 aromatic rings. The summed E-state index contributed by atoms with van der Waals surface area (Å²) in [6, 6.07) is 6.81. The lowest BCUT2D eigenvalue weighted by atomic mass is 10.0. The summed E-state index contributed by atoms with van der Waals surface area (Å²) in [6.07, 6.45) is 0. The Morgan fingerprint density at radius 2 is 1.82 bits per heavy atom. The standard InChI is InChI=1S/C21H26N2O5/c1-7-23(20(25)15-9-8-10-16(11-15)27-5)12-17(24)18-13(2)19(21(26)28-6)22(4)14(18)3/h8-11H,7,12H2,1-6H3. The lowest BCUT2D eigenvalue weighted by Crippen LogP contribution is -2.35. The van der Waals surface area contributed by atoms with E-state index in [0.717, 1.165) is 0 Å². The molecule has 0 radical (unpaired) electrons. The number of amides is 1. The number of methoxy groups -OCH3 is 2. The Bertz CT molecular complexity index is 914. The largest absolute Gasteiger partial charge is 0.497 e. The molecule has 0 atom stereocenters. The van der Waals surface area contributed by atoms with Crippen LogP contribution >= 0.6 is 0 Å². The normalized spacial score (nSPS) is 10.5. The molecule has 0 aliphatic carbocycles. The van der Waals surface area contributed by atoms with Gasteiger partial charge in [-0.15, -0.1) is 0 Å². The zero-order valence-electron chi connectivity index (χ0n) is 17.2. The van der Waals surface area contributed by atoms with Crippen LogP contribution < -0.4 is 4.74 Å². The number of hydrogen-bond donors (Lipinski definition) is 0. The maximum Gasteiger partial charge on any atom is 0.354 e. The van der Waals surface area contributed by atoms with E-state index in [9.17, 15) is 14.4 Å². The van der Waals surface area contributed by atoms with E-state index < -0.39 is 5.97 Å². The number of carbonyl (C=O) groups is 3. The SMILES string of the molecule is CCN(CC(=O)c1c(C)c(C(=O)OC)n(C)c1C)C(=O)c1cccc(OC)c1. The summed E-state index contributed by atoms with van der Waals surface area (Å²) in [4.78, 5) is 39.4. The first-order valence-corrected chi connectivity index (χ1v) is 8.97. The zero-order valence-corrected chi connectivity index (χ0v) is 17.2. The molecule has 0 aliphatic rings. The van der Waals surface area contributed by atoms with E-state index in [4.69, 9.17) is 9.47 Å². The molecule has 0 unspecified atom stereocenters. The van der Waals surface area contributed by atoms with Crippen molar-refractivity contribution in [3.8, 4) is 5.75 Å². The van der Waals surface area contributed by atoms with Crippen LogP contribution in [0.3, 0.4) is 0 Å². The number of nitrogens with zero attached hydrogens (tertiary/aromatic N) is 2. The fraction of sp³-hybridized carbons (Fsp3) is 0.381. The first-order chi connectivity index (χ1) is 13.3. The molecule has 0 fully saturated rings. The maximum atomic E-state index is 13.0. The number of carbonyl (C=O) groups excluding carboxylic acids is 3. The zero-order chi connectivity index (χ0) is 21.0. The summed E-state index contributed by atoms with van der Waals surface area (Å²) >= 11 is 0. The van der Waals surface area contributed by atoms with E-state index in [1.54, 1.807) is 49.7 Å². The van der Waals surface area contributed by atoms with Crippen molar-refractivity contribution >= 4 is 17.7 Å². The number of ketones is 1. The van der Waals surface area contributed by atoms with Gasteiger partial charge in [0, 0.05) is 30.4 Å². The van der Waals surface area contributed by atoms with Crippen molar-refractivity contribution in [1.82, 2.24) is 9.47 Å². The first-order valence-electron chi connectivity index (χ1n) is 8.97. The summed E-state index contributed by atoms with van der Waals surface area (Å²) in [5.41, 5.74) is 2.45. The third-order valence-corrected chi connectivity index (χ3v) is 4.91. The van der Waals surface area contributed by atoms with Crippen LogP contribution in [0.5, 0.6) is 5.75 Å². The van der Waals surface area contributed by atoms with Gasteiger partial charge in [0.15, 0.2) is 5.78 Å². The molecule has 1 heterocycles. The van der Waals surface area contributed by atoms with Crippen LogP contribution in [0, 0.1) is 13.8 Å². The van der Waals surface area contributed by atoms with Gasteiger partial charge in [0.05, 0.1) is 20.8 Å². The van der Waals surface area contributed by atoms with Crippen LogP contribution in [-0.2, 0) is 11.8 Å². The highest BCUT2D eigenvalue weighted by Gasteiger charge is 2.27. The van der Waals surface area contributed by atoms with Gasteiger partial charge in [0.2, 0.25) is 0 Å². The van der Waals surface area contributed by atoms with E-state index in [-0.39, 0.29) is 18.2 Å². The fourth-order valence-corrected chi connectivity index (χ4v) is 3.29. The third-order valence-electron chi connectivity index (χ3n) is 4.91. The minimum Gasteiger partial charge on any atom is -0.497 e. The smallest absolute Gasteiger partial charge is 0.354 e. The highest BCUT2D eigenvalue weighted by molar-refractivity contribution is 6.06. The molecule has 0 N–H and O–H groups in total. The van der Waals surface area contributed by atoms with Crippen LogP contribution in [0.1, 0.15) is 49.4 Å². The van der Waals surface area contributed by atoms with Gasteiger partial charge in [-0.2, -0.15) is 0 Å². The molecule has 2 rings (SSSR count). The molecule has 1 aromatic carbocycles. The number of Topliss-reactive ketones (excluding diaryl/α,β-unsaturated/α-hetero) is 1. The average molecular weight is 386 g/mol. The van der Waals surface area contributed by atoms with E-state index in [1.807, 2.05) is 6.92 Å². The van der Waals surface area contributed by atoms with Crippen molar-refractivity contribution in [3.63, 3.8) is 0 Å². The van der Waals surface area contributed by atoms with E-state index in [1.165, 1.54) is 19.1 Å². The summed E-state index contributed by atoms with van der Waals surface area (Å²) in [5, 5.41) is 0. The number of benzene rings is 1. The Labute approximate surface area is 164 Å². The van der Waals surface area contributed by atoms with Crippen molar-refractivity contribution in [3.05, 3.63) is 52.3 Å². The summed E-state index contributed by atoms with van der Waals surface area (Å²) in [7, 11) is 4.55. The maximum absolute atomic E-state index is 13.0. The second kappa shape index (κ2) is 8.73. The molecule has 1 aromatic heterocycles. The van der Waals surface area contributed by atoms with Crippen LogP contribution in [-0.4, -0.2) is 54.4 Å². The number of hydrogen-bond acceptors (Lipinski definition) is 5. The number of esters is 1. The van der Waals surface area contributed by atoms with Gasteiger partial charge in [-0.3, -0.25) is 9.59 Å². The van der Waals surface area contributed by atoms with Gasteiger partial charge in [0.1, 0.15) is 11.4 Å². The highest BCUT2D eigenvalue weighted by Crippen LogP contribution is 2.23. The number of ether oxygens (including phenoxy) is 2. The minimum absolute atomic E-state index is 0.0845. The molecule has 7 heteroatoms. The molecule has 1 amide bonds. The van der Waals surface area contributed by atoms with E-state index >= 15 is 0 Å². The summed E-state index contributed by atoms with van der Waals surface area (Å²) < 4.78 is 11.6. The average Bonchev–Trinajstić information content (AvgIpc) is 2.93. The molecular weight excluding hydrogens is 360 g/mol. The van der Waals surface area contributed by atoms with Crippen LogP contribution in [0.2, 0.25) is 0 Å². The molecular formula is C21H26N2O5. The predicted octanol–water partition coefficient (Wildman–Crippen LogP) is 2.78. The van der Waals surface area contributed by atoms with Gasteiger partial charge in [-0.05, 0) is 44.5 Å². The van der Waals surface area contributed by atoms with Crippen LogP contribution in [0.15, 0.2) is 24.3 Å². The second-order valence-corrected chi connectivity index (χ2v) is 6.46. The third kappa shape index (κ3) is 3.93. The second-order valence-electron chi connectivity index (χ2n) is 6.46.